The number of benzene rings is 2. The number of nitro groups is 1. The van der Waals surface area contributed by atoms with Gasteiger partial charge in [0.25, 0.3) is 5.69 Å². The summed E-state index contributed by atoms with van der Waals surface area (Å²) in [7, 11) is 0. The van der Waals surface area contributed by atoms with E-state index in [0.29, 0.717) is 17.4 Å². The van der Waals surface area contributed by atoms with Crippen molar-refractivity contribution in [2.75, 3.05) is 0 Å². The van der Waals surface area contributed by atoms with E-state index in [2.05, 4.69) is 13.8 Å². The van der Waals surface area contributed by atoms with Gasteiger partial charge >= 0.3 is 0 Å². The highest BCUT2D eigenvalue weighted by Crippen LogP contribution is 2.32. The zero-order valence-corrected chi connectivity index (χ0v) is 12.7. The molecule has 0 bridgehead atoms. The van der Waals surface area contributed by atoms with E-state index in [1.165, 1.54) is 18.2 Å². The first-order valence-electron chi connectivity index (χ1n) is 6.89. The SMILES string of the molecule is Cc1ccc(C(C)C)cc1Oc1ccc([N+](=O)[O-])cc1C#N. The summed E-state index contributed by atoms with van der Waals surface area (Å²) in [4.78, 5) is 10.2. The normalized spacial score (nSPS) is 10.3. The largest absolute Gasteiger partial charge is 0.456 e. The average molecular weight is 296 g/mol. The van der Waals surface area contributed by atoms with Gasteiger partial charge in [0.1, 0.15) is 23.1 Å². The molecule has 5 heteroatoms. The molecule has 0 saturated heterocycles. The van der Waals surface area contributed by atoms with Crippen molar-refractivity contribution in [3.05, 3.63) is 63.2 Å². The summed E-state index contributed by atoms with van der Waals surface area (Å²) >= 11 is 0. The lowest BCUT2D eigenvalue weighted by atomic mass is 10.0. The summed E-state index contributed by atoms with van der Waals surface area (Å²) < 4.78 is 5.81. The summed E-state index contributed by atoms with van der Waals surface area (Å²) in [5, 5.41) is 19.9. The van der Waals surface area contributed by atoms with Crippen molar-refractivity contribution in [1.82, 2.24) is 0 Å². The molecule has 2 rings (SSSR count). The van der Waals surface area contributed by atoms with Crippen LogP contribution in [0.3, 0.4) is 0 Å². The van der Waals surface area contributed by atoms with E-state index in [1.54, 1.807) is 0 Å². The number of aryl methyl sites for hydroxylation is 1. The summed E-state index contributed by atoms with van der Waals surface area (Å²) in [6, 6.07) is 11.9. The maximum atomic E-state index is 10.8. The molecule has 0 aromatic heterocycles. The van der Waals surface area contributed by atoms with Crippen molar-refractivity contribution < 1.29 is 9.66 Å². The molecular weight excluding hydrogens is 280 g/mol. The van der Waals surface area contributed by atoms with Crippen LogP contribution >= 0.6 is 0 Å². The van der Waals surface area contributed by atoms with Crippen molar-refractivity contribution in [1.29, 1.82) is 5.26 Å². The minimum atomic E-state index is -0.532. The molecule has 0 aliphatic carbocycles. The fourth-order valence-corrected chi connectivity index (χ4v) is 2.01. The minimum Gasteiger partial charge on any atom is -0.456 e. The molecule has 5 nitrogen and oxygen atoms in total. The molecule has 0 radical (unpaired) electrons. The number of nitro benzene ring substituents is 1. The smallest absolute Gasteiger partial charge is 0.271 e. The Hall–Kier alpha value is -2.87. The molecule has 0 saturated carbocycles. The van der Waals surface area contributed by atoms with E-state index in [4.69, 9.17) is 10.00 Å². The third-order valence-corrected chi connectivity index (χ3v) is 3.39. The van der Waals surface area contributed by atoms with E-state index in [-0.39, 0.29) is 11.3 Å². The maximum absolute atomic E-state index is 10.8. The Morgan fingerprint density at radius 3 is 2.50 bits per heavy atom. The second-order valence-electron chi connectivity index (χ2n) is 5.33. The van der Waals surface area contributed by atoms with Gasteiger partial charge in [0.05, 0.1) is 4.92 Å². The van der Waals surface area contributed by atoms with Crippen LogP contribution in [0.4, 0.5) is 5.69 Å². The molecule has 22 heavy (non-hydrogen) atoms. The predicted molar refractivity (Wildman–Crippen MR) is 83.2 cm³/mol. The maximum Gasteiger partial charge on any atom is 0.271 e. The molecule has 0 spiro atoms. The lowest BCUT2D eigenvalue weighted by Gasteiger charge is -2.13. The van der Waals surface area contributed by atoms with Crippen LogP contribution in [0.25, 0.3) is 0 Å². The molecular formula is C17H16N2O3. The van der Waals surface area contributed by atoms with Crippen LogP contribution in [0.15, 0.2) is 36.4 Å². The number of non-ortho nitro benzene ring substituents is 1. The zero-order chi connectivity index (χ0) is 16.3. The monoisotopic (exact) mass is 296 g/mol. The van der Waals surface area contributed by atoms with Gasteiger partial charge in [-0.3, -0.25) is 10.1 Å². The van der Waals surface area contributed by atoms with Crippen molar-refractivity contribution in [3.8, 4) is 17.6 Å². The second-order valence-corrected chi connectivity index (χ2v) is 5.33. The summed E-state index contributed by atoms with van der Waals surface area (Å²) in [5.74, 6) is 1.32. The highest BCUT2D eigenvalue weighted by atomic mass is 16.6. The number of hydrogen-bond donors (Lipinski definition) is 0. The molecule has 0 fully saturated rings. The predicted octanol–water partition coefficient (Wildman–Crippen LogP) is 4.69. The standard InChI is InChI=1S/C17H16N2O3/c1-11(2)13-5-4-12(3)17(9-13)22-16-7-6-15(19(20)21)8-14(16)10-18/h4-9,11H,1-3H3. The van der Waals surface area contributed by atoms with Gasteiger partial charge in [-0.25, -0.2) is 0 Å². The van der Waals surface area contributed by atoms with Crippen LogP contribution in [0, 0.1) is 28.4 Å². The lowest BCUT2D eigenvalue weighted by molar-refractivity contribution is -0.384. The fourth-order valence-electron chi connectivity index (χ4n) is 2.01. The Morgan fingerprint density at radius 2 is 1.91 bits per heavy atom. The van der Waals surface area contributed by atoms with Crippen molar-refractivity contribution in [3.63, 3.8) is 0 Å². The van der Waals surface area contributed by atoms with Gasteiger partial charge in [-0.2, -0.15) is 5.26 Å². The number of hydrogen-bond acceptors (Lipinski definition) is 4. The Kier molecular flexibility index (Phi) is 4.42. The van der Waals surface area contributed by atoms with Crippen LogP contribution in [0.2, 0.25) is 0 Å². The third kappa shape index (κ3) is 3.23. The number of nitrogens with zero attached hydrogens (tertiary/aromatic N) is 2. The van der Waals surface area contributed by atoms with Gasteiger partial charge in [0.2, 0.25) is 0 Å². The van der Waals surface area contributed by atoms with E-state index >= 15 is 0 Å². The van der Waals surface area contributed by atoms with Gasteiger partial charge in [-0.05, 0) is 36.1 Å². The van der Waals surface area contributed by atoms with E-state index < -0.39 is 4.92 Å². The molecule has 0 amide bonds. The first kappa shape index (κ1) is 15.5. The van der Waals surface area contributed by atoms with Gasteiger partial charge in [0, 0.05) is 12.1 Å². The Labute approximate surface area is 128 Å². The molecule has 0 aliphatic heterocycles. The van der Waals surface area contributed by atoms with Crippen LogP contribution in [0.1, 0.15) is 36.5 Å². The average Bonchev–Trinajstić information content (AvgIpc) is 2.49. The zero-order valence-electron chi connectivity index (χ0n) is 12.7. The van der Waals surface area contributed by atoms with Crippen LogP contribution in [-0.2, 0) is 0 Å². The number of nitriles is 1. The van der Waals surface area contributed by atoms with Crippen LogP contribution < -0.4 is 4.74 Å². The summed E-state index contributed by atoms with van der Waals surface area (Å²) in [6.07, 6.45) is 0. The molecule has 0 heterocycles. The topological polar surface area (TPSA) is 76.2 Å². The highest BCUT2D eigenvalue weighted by molar-refractivity contribution is 5.52. The van der Waals surface area contributed by atoms with Crippen LogP contribution in [-0.4, -0.2) is 4.92 Å². The van der Waals surface area contributed by atoms with Crippen molar-refractivity contribution in [2.45, 2.75) is 26.7 Å². The molecule has 2 aromatic carbocycles. The van der Waals surface area contributed by atoms with Gasteiger partial charge < -0.3 is 4.74 Å². The van der Waals surface area contributed by atoms with E-state index in [9.17, 15) is 10.1 Å². The third-order valence-electron chi connectivity index (χ3n) is 3.39. The van der Waals surface area contributed by atoms with Crippen molar-refractivity contribution >= 4 is 5.69 Å². The molecule has 0 atom stereocenters. The molecule has 112 valence electrons. The first-order chi connectivity index (χ1) is 10.4. The fraction of sp³-hybridized carbons (Fsp3) is 0.235. The van der Waals surface area contributed by atoms with Gasteiger partial charge in [0.15, 0.2) is 0 Å². The lowest BCUT2D eigenvalue weighted by Crippen LogP contribution is -1.95. The van der Waals surface area contributed by atoms with E-state index in [0.717, 1.165) is 11.1 Å². The molecule has 0 unspecified atom stereocenters. The molecule has 0 aliphatic rings. The van der Waals surface area contributed by atoms with Gasteiger partial charge in [-0.15, -0.1) is 0 Å². The number of rotatable bonds is 4. The Bertz CT molecular complexity index is 761. The molecule has 0 N–H and O–H groups in total. The summed E-state index contributed by atoms with van der Waals surface area (Å²) in [5.41, 5.74) is 2.08. The van der Waals surface area contributed by atoms with E-state index in [1.807, 2.05) is 31.2 Å². The quantitative estimate of drug-likeness (QED) is 0.605. The Morgan fingerprint density at radius 1 is 1.18 bits per heavy atom. The van der Waals surface area contributed by atoms with Gasteiger partial charge in [-0.1, -0.05) is 26.0 Å². The van der Waals surface area contributed by atoms with Crippen molar-refractivity contribution in [2.24, 2.45) is 0 Å². The van der Waals surface area contributed by atoms with Crippen LogP contribution in [0.5, 0.6) is 11.5 Å². The number of ether oxygens (including phenoxy) is 1. The first-order valence-corrected chi connectivity index (χ1v) is 6.89. The summed E-state index contributed by atoms with van der Waals surface area (Å²) in [6.45, 7) is 6.08. The second kappa shape index (κ2) is 6.27. The highest BCUT2D eigenvalue weighted by Gasteiger charge is 2.13. The Balaban J connectivity index is 2.41. The molecule has 2 aromatic rings. The minimum absolute atomic E-state index is 0.128.